The van der Waals surface area contributed by atoms with E-state index in [0.29, 0.717) is 18.6 Å². The van der Waals surface area contributed by atoms with Crippen LogP contribution >= 0.6 is 0 Å². The molecule has 0 bridgehead atoms. The quantitative estimate of drug-likeness (QED) is 0.461. The third-order valence-electron chi connectivity index (χ3n) is 5.47. The number of pyridine rings is 1. The molecule has 0 radical (unpaired) electrons. The van der Waals surface area contributed by atoms with E-state index in [4.69, 9.17) is 9.84 Å². The smallest absolute Gasteiger partial charge is 0.224 e. The van der Waals surface area contributed by atoms with Crippen molar-refractivity contribution in [2.75, 3.05) is 18.5 Å². The number of aliphatic hydroxyl groups excluding tert-OH is 1. The molecular formula is C20H23N7O2. The number of aliphatic hydroxyl groups is 1. The highest BCUT2D eigenvalue weighted by atomic mass is 16.5. The molecule has 9 heteroatoms. The number of aromatic amines is 1. The van der Waals surface area contributed by atoms with Gasteiger partial charge < -0.3 is 20.1 Å². The van der Waals surface area contributed by atoms with Crippen LogP contribution in [-0.2, 0) is 4.74 Å². The van der Waals surface area contributed by atoms with Crippen molar-refractivity contribution in [3.05, 3.63) is 37.1 Å². The van der Waals surface area contributed by atoms with Gasteiger partial charge in [0, 0.05) is 41.1 Å². The zero-order valence-electron chi connectivity index (χ0n) is 16.0. The van der Waals surface area contributed by atoms with Crippen LogP contribution in [0.4, 0.5) is 5.95 Å². The van der Waals surface area contributed by atoms with Crippen molar-refractivity contribution in [1.82, 2.24) is 29.5 Å². The molecule has 4 heterocycles. The van der Waals surface area contributed by atoms with Gasteiger partial charge in [0.25, 0.3) is 0 Å². The first-order valence-electron chi connectivity index (χ1n) is 9.93. The van der Waals surface area contributed by atoms with E-state index in [-0.39, 0.29) is 12.7 Å². The fourth-order valence-corrected chi connectivity index (χ4v) is 3.97. The normalized spacial score (nSPS) is 19.8. The molecule has 0 aliphatic heterocycles. The summed E-state index contributed by atoms with van der Waals surface area (Å²) in [5, 5.41) is 17.5. The van der Waals surface area contributed by atoms with Crippen LogP contribution in [-0.4, -0.2) is 60.0 Å². The van der Waals surface area contributed by atoms with Crippen molar-refractivity contribution in [2.45, 2.75) is 37.8 Å². The molecule has 1 fully saturated rings. The van der Waals surface area contributed by atoms with Crippen LogP contribution in [0.25, 0.3) is 27.8 Å². The van der Waals surface area contributed by atoms with Gasteiger partial charge in [0.05, 0.1) is 19.3 Å². The second kappa shape index (κ2) is 7.76. The molecule has 4 aromatic rings. The van der Waals surface area contributed by atoms with E-state index < -0.39 is 0 Å². The van der Waals surface area contributed by atoms with Crippen LogP contribution < -0.4 is 5.32 Å². The average molecular weight is 393 g/mol. The van der Waals surface area contributed by atoms with Crippen molar-refractivity contribution in [3.8, 4) is 11.1 Å². The molecule has 4 aromatic heterocycles. The van der Waals surface area contributed by atoms with Crippen LogP contribution in [0.5, 0.6) is 0 Å². The lowest BCUT2D eigenvalue weighted by Crippen LogP contribution is -2.30. The lowest BCUT2D eigenvalue weighted by molar-refractivity contribution is 0.00719. The molecule has 0 atom stereocenters. The second-order valence-electron chi connectivity index (χ2n) is 7.35. The highest BCUT2D eigenvalue weighted by Gasteiger charge is 2.22. The summed E-state index contributed by atoms with van der Waals surface area (Å²) in [6.45, 7) is 0.498. The number of rotatable bonds is 6. The topological polar surface area (TPSA) is 113 Å². The van der Waals surface area contributed by atoms with Crippen molar-refractivity contribution in [2.24, 2.45) is 0 Å². The molecule has 3 N–H and O–H groups in total. The molecule has 1 aliphatic carbocycles. The molecule has 0 unspecified atom stereocenters. The Morgan fingerprint density at radius 2 is 2.10 bits per heavy atom. The Bertz CT molecular complexity index is 1110. The molecule has 1 saturated carbocycles. The predicted octanol–water partition coefficient (Wildman–Crippen LogP) is 2.40. The largest absolute Gasteiger partial charge is 0.394 e. The molecule has 29 heavy (non-hydrogen) atoms. The van der Waals surface area contributed by atoms with Crippen molar-refractivity contribution in [3.63, 3.8) is 0 Å². The van der Waals surface area contributed by atoms with Crippen LogP contribution in [0.3, 0.4) is 0 Å². The lowest BCUT2D eigenvalue weighted by atomic mass is 9.93. The minimum atomic E-state index is 0.0802. The van der Waals surface area contributed by atoms with E-state index in [1.165, 1.54) is 0 Å². The first kappa shape index (κ1) is 18.0. The average Bonchev–Trinajstić information content (AvgIpc) is 3.39. The van der Waals surface area contributed by atoms with Gasteiger partial charge >= 0.3 is 0 Å². The highest BCUT2D eigenvalue weighted by Crippen LogP contribution is 2.28. The summed E-state index contributed by atoms with van der Waals surface area (Å²) >= 11 is 0. The zero-order chi connectivity index (χ0) is 19.6. The maximum Gasteiger partial charge on any atom is 0.224 e. The Balaban J connectivity index is 1.30. The Hall–Kier alpha value is -3.04. The third kappa shape index (κ3) is 3.66. The van der Waals surface area contributed by atoms with E-state index in [0.717, 1.165) is 53.5 Å². The summed E-state index contributed by atoms with van der Waals surface area (Å²) in [7, 11) is 0. The molecule has 9 nitrogen and oxygen atoms in total. The van der Waals surface area contributed by atoms with Gasteiger partial charge in [-0.2, -0.15) is 10.1 Å². The number of aromatic nitrogens is 6. The molecule has 0 aromatic carbocycles. The Kier molecular flexibility index (Phi) is 4.82. The van der Waals surface area contributed by atoms with Gasteiger partial charge in [-0.15, -0.1) is 0 Å². The van der Waals surface area contributed by atoms with E-state index in [1.807, 2.05) is 30.7 Å². The van der Waals surface area contributed by atoms with E-state index in [9.17, 15) is 0 Å². The third-order valence-corrected chi connectivity index (χ3v) is 5.47. The molecule has 1 aliphatic rings. The summed E-state index contributed by atoms with van der Waals surface area (Å²) in [6.07, 6.45) is 11.5. The standard InChI is InChI=1S/C20H23N7O2/c28-7-8-29-15-4-2-14(3-5-15)25-20-22-10-17-16(9-21-19(17)26-20)13-1-6-18-23-12-24-27(18)11-13/h1,6,9-12,14-15,28H,2-5,7-8H2,(H2,21,22,25,26). The number of nitrogens with one attached hydrogen (secondary N) is 2. The maximum absolute atomic E-state index is 8.88. The molecule has 0 amide bonds. The van der Waals surface area contributed by atoms with Crippen molar-refractivity contribution >= 4 is 22.6 Å². The number of nitrogens with zero attached hydrogens (tertiary/aromatic N) is 5. The van der Waals surface area contributed by atoms with Crippen molar-refractivity contribution in [1.29, 1.82) is 0 Å². The van der Waals surface area contributed by atoms with E-state index in [1.54, 1.807) is 10.8 Å². The Labute approximate surface area is 167 Å². The first-order chi connectivity index (χ1) is 14.3. The summed E-state index contributed by atoms with van der Waals surface area (Å²) in [4.78, 5) is 16.6. The van der Waals surface area contributed by atoms with Crippen LogP contribution in [0.15, 0.2) is 37.1 Å². The Morgan fingerprint density at radius 1 is 1.21 bits per heavy atom. The van der Waals surface area contributed by atoms with Crippen molar-refractivity contribution < 1.29 is 9.84 Å². The maximum atomic E-state index is 8.88. The zero-order valence-corrected chi connectivity index (χ0v) is 16.0. The minimum Gasteiger partial charge on any atom is -0.394 e. The van der Waals surface area contributed by atoms with Crippen LogP contribution in [0.2, 0.25) is 0 Å². The summed E-state index contributed by atoms with van der Waals surface area (Å²) in [5.74, 6) is 0.636. The minimum absolute atomic E-state index is 0.0802. The number of hydrogen-bond acceptors (Lipinski definition) is 7. The van der Waals surface area contributed by atoms with Gasteiger partial charge in [-0.05, 0) is 37.8 Å². The SMILES string of the molecule is OCCOC1CCC(Nc2ncc3c(-c4ccc5ncnn5c4)c[nH]c3n2)CC1. The molecule has 150 valence electrons. The van der Waals surface area contributed by atoms with Crippen LogP contribution in [0.1, 0.15) is 25.7 Å². The summed E-state index contributed by atoms with van der Waals surface area (Å²) in [5.41, 5.74) is 3.68. The van der Waals surface area contributed by atoms with E-state index >= 15 is 0 Å². The van der Waals surface area contributed by atoms with Gasteiger partial charge in [-0.1, -0.05) is 0 Å². The number of anilines is 1. The fraction of sp³-hybridized carbons (Fsp3) is 0.400. The number of fused-ring (bicyclic) bond motifs is 2. The molecular weight excluding hydrogens is 370 g/mol. The predicted molar refractivity (Wildman–Crippen MR) is 109 cm³/mol. The Morgan fingerprint density at radius 3 is 2.97 bits per heavy atom. The summed E-state index contributed by atoms with van der Waals surface area (Å²) in [6, 6.07) is 4.31. The molecule has 0 saturated heterocycles. The second-order valence-corrected chi connectivity index (χ2v) is 7.35. The summed E-state index contributed by atoms with van der Waals surface area (Å²) < 4.78 is 7.39. The number of ether oxygens (including phenoxy) is 1. The van der Waals surface area contributed by atoms with Gasteiger partial charge in [0.15, 0.2) is 5.65 Å². The van der Waals surface area contributed by atoms with Crippen LogP contribution in [0, 0.1) is 0 Å². The fourth-order valence-electron chi connectivity index (χ4n) is 3.97. The van der Waals surface area contributed by atoms with Gasteiger partial charge in [-0.3, -0.25) is 0 Å². The monoisotopic (exact) mass is 393 g/mol. The number of H-pyrrole nitrogens is 1. The highest BCUT2D eigenvalue weighted by molar-refractivity contribution is 5.93. The molecule has 0 spiro atoms. The number of hydrogen-bond donors (Lipinski definition) is 3. The van der Waals surface area contributed by atoms with Gasteiger partial charge in [-0.25, -0.2) is 14.5 Å². The van der Waals surface area contributed by atoms with Gasteiger partial charge in [0.2, 0.25) is 5.95 Å². The molecule has 5 rings (SSSR count). The van der Waals surface area contributed by atoms with E-state index in [2.05, 4.69) is 30.4 Å². The van der Waals surface area contributed by atoms with Gasteiger partial charge in [0.1, 0.15) is 12.0 Å². The first-order valence-corrected chi connectivity index (χ1v) is 9.93. The lowest BCUT2D eigenvalue weighted by Gasteiger charge is -2.28.